The van der Waals surface area contributed by atoms with Crippen LogP contribution in [0.5, 0.6) is 0 Å². The Morgan fingerprint density at radius 3 is 2.25 bits per heavy atom. The van der Waals surface area contributed by atoms with E-state index in [0.29, 0.717) is 0 Å². The highest BCUT2D eigenvalue weighted by molar-refractivity contribution is 7.86. The van der Waals surface area contributed by atoms with E-state index in [1.54, 1.807) is 18.2 Å². The van der Waals surface area contributed by atoms with Gasteiger partial charge in [-0.05, 0) is 19.1 Å². The van der Waals surface area contributed by atoms with Gasteiger partial charge in [-0.15, -0.1) is 0 Å². The van der Waals surface area contributed by atoms with Crippen molar-refractivity contribution in [3.05, 3.63) is 30.3 Å². The number of ketones is 1. The van der Waals surface area contributed by atoms with Crippen molar-refractivity contribution in [3.63, 3.8) is 0 Å². The summed E-state index contributed by atoms with van der Waals surface area (Å²) in [5.74, 6) is -0.344. The van der Waals surface area contributed by atoms with Crippen LogP contribution in [0.1, 0.15) is 13.8 Å². The van der Waals surface area contributed by atoms with E-state index in [1.807, 2.05) is 0 Å². The number of rotatable bonds is 4. The van der Waals surface area contributed by atoms with Crippen LogP contribution in [0.15, 0.2) is 40.4 Å². The second-order valence-corrected chi connectivity index (χ2v) is 4.60. The number of oxime groups is 1. The van der Waals surface area contributed by atoms with Crippen LogP contribution in [-0.4, -0.2) is 19.9 Å². The predicted molar refractivity (Wildman–Crippen MR) is 58.5 cm³/mol. The van der Waals surface area contributed by atoms with Crippen molar-refractivity contribution in [1.82, 2.24) is 0 Å². The van der Waals surface area contributed by atoms with Crippen LogP contribution < -0.4 is 0 Å². The van der Waals surface area contributed by atoms with Gasteiger partial charge in [0.05, 0.1) is 0 Å². The highest BCUT2D eigenvalue weighted by Gasteiger charge is 2.15. The largest absolute Gasteiger partial charge is 0.358 e. The Hall–Kier alpha value is -1.69. The molecular weight excluding hydrogens is 230 g/mol. The molecule has 0 saturated carbocycles. The van der Waals surface area contributed by atoms with Gasteiger partial charge in [-0.1, -0.05) is 23.4 Å². The fourth-order valence-corrected chi connectivity index (χ4v) is 1.59. The summed E-state index contributed by atoms with van der Waals surface area (Å²) in [5.41, 5.74) is -0.000457. The minimum Gasteiger partial charge on any atom is -0.293 e. The predicted octanol–water partition coefficient (Wildman–Crippen LogP) is 1.36. The van der Waals surface area contributed by atoms with Crippen LogP contribution in [0, 0.1) is 0 Å². The molecule has 1 rings (SSSR count). The van der Waals surface area contributed by atoms with Crippen molar-refractivity contribution >= 4 is 21.6 Å². The number of carbonyl (C=O) groups excluding carboxylic acids is 1. The Kier molecular flexibility index (Phi) is 3.78. The third-order valence-electron chi connectivity index (χ3n) is 1.81. The molecule has 0 aromatic heterocycles. The zero-order valence-corrected chi connectivity index (χ0v) is 9.69. The lowest BCUT2D eigenvalue weighted by molar-refractivity contribution is -0.111. The summed E-state index contributed by atoms with van der Waals surface area (Å²) < 4.78 is 27.4. The van der Waals surface area contributed by atoms with Crippen LogP contribution in [-0.2, 0) is 19.2 Å². The van der Waals surface area contributed by atoms with Gasteiger partial charge in [0, 0.05) is 6.92 Å². The smallest absolute Gasteiger partial charge is 0.293 e. The first-order chi connectivity index (χ1) is 7.43. The molecule has 0 aliphatic carbocycles. The molecule has 0 aliphatic heterocycles. The zero-order valence-electron chi connectivity index (χ0n) is 8.88. The molecule has 5 nitrogen and oxygen atoms in total. The van der Waals surface area contributed by atoms with E-state index in [1.165, 1.54) is 26.0 Å². The van der Waals surface area contributed by atoms with E-state index in [4.69, 9.17) is 0 Å². The van der Waals surface area contributed by atoms with Crippen LogP contribution in [0.2, 0.25) is 0 Å². The molecule has 0 spiro atoms. The number of hydrogen-bond donors (Lipinski definition) is 0. The molecule has 0 aliphatic rings. The van der Waals surface area contributed by atoms with Gasteiger partial charge in [0.2, 0.25) is 0 Å². The molecule has 0 fully saturated rings. The Morgan fingerprint density at radius 1 is 1.19 bits per heavy atom. The molecule has 0 amide bonds. The van der Waals surface area contributed by atoms with Crippen molar-refractivity contribution in [2.24, 2.45) is 5.16 Å². The monoisotopic (exact) mass is 241 g/mol. The summed E-state index contributed by atoms with van der Waals surface area (Å²) in [5, 5.41) is 3.25. The highest BCUT2D eigenvalue weighted by Crippen LogP contribution is 2.11. The van der Waals surface area contributed by atoms with Crippen molar-refractivity contribution in [3.8, 4) is 0 Å². The fraction of sp³-hybridized carbons (Fsp3) is 0.200. The maximum Gasteiger partial charge on any atom is 0.358 e. The van der Waals surface area contributed by atoms with Gasteiger partial charge >= 0.3 is 10.1 Å². The summed E-state index contributed by atoms with van der Waals surface area (Å²) in [7, 11) is -3.93. The average Bonchev–Trinajstić information content (AvgIpc) is 2.27. The van der Waals surface area contributed by atoms with Crippen molar-refractivity contribution in [2.45, 2.75) is 18.7 Å². The first-order valence-corrected chi connectivity index (χ1v) is 5.88. The third-order valence-corrected chi connectivity index (χ3v) is 2.93. The molecule has 0 atom stereocenters. The van der Waals surface area contributed by atoms with Gasteiger partial charge in [-0.3, -0.25) is 9.08 Å². The molecule has 0 radical (unpaired) electrons. The van der Waals surface area contributed by atoms with Crippen molar-refractivity contribution in [2.75, 3.05) is 0 Å². The second kappa shape index (κ2) is 4.89. The lowest BCUT2D eigenvalue weighted by Gasteiger charge is -2.01. The molecule has 0 unspecified atom stereocenters. The molecule has 0 heterocycles. The molecule has 0 bridgehead atoms. The Bertz CT molecular complexity index is 505. The topological polar surface area (TPSA) is 72.8 Å². The van der Waals surface area contributed by atoms with E-state index in [-0.39, 0.29) is 16.4 Å². The minimum absolute atomic E-state index is 0.000457. The minimum atomic E-state index is -3.93. The standard InChI is InChI=1S/C10H11NO4S/c1-8(9(2)12)11-15-16(13,14)10-6-4-3-5-7-10/h3-7H,1-2H3/b11-8+. The number of benzene rings is 1. The second-order valence-electron chi connectivity index (χ2n) is 3.07. The molecule has 0 saturated heterocycles. The van der Waals surface area contributed by atoms with Gasteiger partial charge in [0.15, 0.2) is 5.78 Å². The van der Waals surface area contributed by atoms with Gasteiger partial charge in [0.1, 0.15) is 10.6 Å². The van der Waals surface area contributed by atoms with E-state index in [2.05, 4.69) is 9.44 Å². The fourth-order valence-electron chi connectivity index (χ4n) is 0.799. The lowest BCUT2D eigenvalue weighted by atomic mass is 10.3. The van der Waals surface area contributed by atoms with Crippen LogP contribution in [0.3, 0.4) is 0 Å². The van der Waals surface area contributed by atoms with E-state index in [0.717, 1.165) is 0 Å². The summed E-state index contributed by atoms with van der Waals surface area (Å²) in [6, 6.07) is 7.58. The van der Waals surface area contributed by atoms with Crippen molar-refractivity contribution < 1.29 is 17.5 Å². The highest BCUT2D eigenvalue weighted by atomic mass is 32.2. The van der Waals surface area contributed by atoms with Gasteiger partial charge in [-0.25, -0.2) is 0 Å². The van der Waals surface area contributed by atoms with E-state index in [9.17, 15) is 13.2 Å². The van der Waals surface area contributed by atoms with E-state index >= 15 is 0 Å². The molecule has 1 aromatic carbocycles. The third kappa shape index (κ3) is 3.16. The quantitative estimate of drug-likeness (QED) is 0.589. The molecular formula is C10H11NO4S. The van der Waals surface area contributed by atoms with Gasteiger partial charge in [-0.2, -0.15) is 8.42 Å². The summed E-state index contributed by atoms with van der Waals surface area (Å²) in [6.07, 6.45) is 0. The first kappa shape index (κ1) is 12.4. The summed E-state index contributed by atoms with van der Waals surface area (Å²) in [4.78, 5) is 10.8. The number of hydrogen-bond acceptors (Lipinski definition) is 5. The van der Waals surface area contributed by atoms with Crippen LogP contribution in [0.25, 0.3) is 0 Å². The molecule has 16 heavy (non-hydrogen) atoms. The maximum atomic E-state index is 11.5. The Labute approximate surface area is 93.9 Å². The van der Waals surface area contributed by atoms with Crippen molar-refractivity contribution in [1.29, 1.82) is 0 Å². The van der Waals surface area contributed by atoms with Crippen LogP contribution >= 0.6 is 0 Å². The number of carbonyl (C=O) groups is 1. The summed E-state index contributed by atoms with van der Waals surface area (Å²) in [6.45, 7) is 2.65. The van der Waals surface area contributed by atoms with Crippen LogP contribution in [0.4, 0.5) is 0 Å². The number of Topliss-reactive ketones (excluding diaryl/α,β-unsaturated/α-hetero) is 1. The van der Waals surface area contributed by atoms with E-state index < -0.39 is 10.1 Å². The summed E-state index contributed by atoms with van der Waals surface area (Å²) >= 11 is 0. The average molecular weight is 241 g/mol. The SMILES string of the molecule is CC(=O)/C(C)=N/OS(=O)(=O)c1ccccc1. The number of nitrogens with zero attached hydrogens (tertiary/aromatic N) is 1. The first-order valence-electron chi connectivity index (χ1n) is 4.48. The molecule has 0 N–H and O–H groups in total. The van der Waals surface area contributed by atoms with Gasteiger partial charge in [0.25, 0.3) is 0 Å². The molecule has 6 heteroatoms. The maximum absolute atomic E-state index is 11.5. The molecule has 1 aromatic rings. The normalized spacial score (nSPS) is 12.2. The lowest BCUT2D eigenvalue weighted by Crippen LogP contribution is -2.08. The van der Waals surface area contributed by atoms with Gasteiger partial charge < -0.3 is 0 Å². The molecule has 86 valence electrons. The Balaban J connectivity index is 2.90. The zero-order chi connectivity index (χ0) is 12.2. The Morgan fingerprint density at radius 2 is 1.75 bits per heavy atom.